The first kappa shape index (κ1) is 61.0. The maximum Gasteiger partial charge on any atom is 0.154 e. The fourth-order valence-corrected chi connectivity index (χ4v) is 8.14. The lowest BCUT2D eigenvalue weighted by atomic mass is 9.84. The van der Waals surface area contributed by atoms with Crippen LogP contribution in [0.5, 0.6) is 0 Å². The second kappa shape index (κ2) is 36.9. The van der Waals surface area contributed by atoms with E-state index in [1.54, 1.807) is 11.1 Å². The maximum atomic E-state index is 5.39. The van der Waals surface area contributed by atoms with E-state index >= 15 is 0 Å². The Morgan fingerprint density at radius 3 is 0.812 bits per heavy atom. The minimum absolute atomic E-state index is 0.0196. The van der Waals surface area contributed by atoms with E-state index < -0.39 is 0 Å². The molecule has 6 nitrogen and oxygen atoms in total. The third-order valence-corrected chi connectivity index (χ3v) is 13.9. The SMILES string of the molecule is CC1=CCC(C)CC1.CC1=CCC(C)CC1.CC1C=CC(C)CC1.CC1CCC(C)CC1.CC1CCC(C)OC1.CC1CCC(C)OC1.CC1COC(C)OC1.CC1COC(C)OC1. The first-order chi connectivity index (χ1) is 30.3. The van der Waals surface area contributed by atoms with Crippen LogP contribution in [0.15, 0.2) is 35.5 Å². The lowest BCUT2D eigenvalue weighted by Gasteiger charge is -2.24. The van der Waals surface area contributed by atoms with E-state index in [0.717, 1.165) is 87.0 Å². The summed E-state index contributed by atoms with van der Waals surface area (Å²) in [5.74, 6) is 8.35. The van der Waals surface area contributed by atoms with Crippen LogP contribution < -0.4 is 0 Å². The molecule has 6 heteroatoms. The summed E-state index contributed by atoms with van der Waals surface area (Å²) in [7, 11) is 0. The molecule has 64 heavy (non-hydrogen) atoms. The van der Waals surface area contributed by atoms with Gasteiger partial charge in [0.15, 0.2) is 12.6 Å². The van der Waals surface area contributed by atoms with Gasteiger partial charge in [-0.25, -0.2) is 0 Å². The van der Waals surface area contributed by atoms with Gasteiger partial charge in [0, 0.05) is 25.0 Å². The van der Waals surface area contributed by atoms with Gasteiger partial charge < -0.3 is 28.4 Å². The second-order valence-corrected chi connectivity index (χ2v) is 22.5. The van der Waals surface area contributed by atoms with Crippen LogP contribution >= 0.6 is 0 Å². The van der Waals surface area contributed by atoms with E-state index in [-0.39, 0.29) is 12.6 Å². The minimum Gasteiger partial charge on any atom is -0.378 e. The van der Waals surface area contributed by atoms with Crippen molar-refractivity contribution in [2.45, 2.75) is 238 Å². The van der Waals surface area contributed by atoms with Crippen molar-refractivity contribution in [2.75, 3.05) is 39.6 Å². The largest absolute Gasteiger partial charge is 0.378 e. The summed E-state index contributed by atoms with van der Waals surface area (Å²) in [6.45, 7) is 40.6. The number of ether oxygens (including phenoxy) is 6. The Morgan fingerprint density at radius 1 is 0.312 bits per heavy atom. The minimum atomic E-state index is 0.0196. The normalized spacial score (nSPS) is 37.0. The third-order valence-electron chi connectivity index (χ3n) is 13.9. The van der Waals surface area contributed by atoms with E-state index in [2.05, 4.69) is 121 Å². The third kappa shape index (κ3) is 35.2. The molecule has 378 valence electrons. The molecule has 0 radical (unpaired) electrons. The quantitative estimate of drug-likeness (QED) is 0.226. The molecule has 5 fully saturated rings. The Labute approximate surface area is 399 Å². The maximum absolute atomic E-state index is 5.39. The first-order valence-electron chi connectivity index (χ1n) is 27.0. The van der Waals surface area contributed by atoms with Gasteiger partial charge in [-0.3, -0.25) is 0 Å². The average Bonchev–Trinajstić information content (AvgIpc) is 3.28. The summed E-state index contributed by atoms with van der Waals surface area (Å²) in [6, 6.07) is 0. The highest BCUT2D eigenvalue weighted by Crippen LogP contribution is 2.27. The van der Waals surface area contributed by atoms with Gasteiger partial charge in [0.25, 0.3) is 0 Å². The Morgan fingerprint density at radius 2 is 0.609 bits per heavy atom. The molecule has 8 atom stereocenters. The molecule has 0 N–H and O–H groups in total. The van der Waals surface area contributed by atoms with E-state index in [4.69, 9.17) is 28.4 Å². The molecule has 8 rings (SSSR count). The highest BCUT2D eigenvalue weighted by Gasteiger charge is 2.17. The average molecular weight is 904 g/mol. The Bertz CT molecular complexity index is 951. The molecule has 4 saturated heterocycles. The second-order valence-electron chi connectivity index (χ2n) is 22.5. The molecule has 0 bridgehead atoms. The standard InChI is InChI=1S/C8H16.3C8H14.2C7H14O.2C6H12O2/c4*1-7-3-5-8(2)6-4-7;2*1-6-3-4-7(2)8-5-6;2*1-5-3-7-6(2)8-4-5/h7-8H,3-6H2,1-2H3;2*3,8H,4-6H2,1-2H3;3,5,7-8H,4,6H2,1-2H3;2*6-7H,3-5H2,1-2H3;2*5-6H,3-4H2,1-2H3. The van der Waals surface area contributed by atoms with Crippen molar-refractivity contribution in [2.24, 2.45) is 59.2 Å². The predicted octanol–water partition coefficient (Wildman–Crippen LogP) is 16.6. The van der Waals surface area contributed by atoms with Gasteiger partial charge in [-0.05, 0) is 166 Å². The summed E-state index contributed by atoms with van der Waals surface area (Å²) < 4.78 is 31.5. The van der Waals surface area contributed by atoms with Gasteiger partial charge in [0.1, 0.15) is 0 Å². The number of hydrogen-bond acceptors (Lipinski definition) is 6. The van der Waals surface area contributed by atoms with Crippen LogP contribution in [0, 0.1) is 59.2 Å². The Hall–Kier alpha value is -1.02. The summed E-state index contributed by atoms with van der Waals surface area (Å²) in [6.07, 6.45) is 32.4. The summed E-state index contributed by atoms with van der Waals surface area (Å²) >= 11 is 0. The number of allylic oxidation sites excluding steroid dienone is 6. The van der Waals surface area contributed by atoms with Gasteiger partial charge in [-0.15, -0.1) is 0 Å². The molecule has 0 aromatic carbocycles. The van der Waals surface area contributed by atoms with E-state index in [0.29, 0.717) is 24.0 Å². The van der Waals surface area contributed by atoms with Crippen molar-refractivity contribution in [1.82, 2.24) is 0 Å². The zero-order valence-corrected chi connectivity index (χ0v) is 45.4. The van der Waals surface area contributed by atoms with Crippen molar-refractivity contribution in [1.29, 1.82) is 0 Å². The van der Waals surface area contributed by atoms with Gasteiger partial charge in [0.05, 0.1) is 38.6 Å². The zero-order chi connectivity index (χ0) is 47.9. The van der Waals surface area contributed by atoms with Gasteiger partial charge in [-0.2, -0.15) is 0 Å². The van der Waals surface area contributed by atoms with E-state index in [9.17, 15) is 0 Å². The van der Waals surface area contributed by atoms with Crippen LogP contribution in [0.2, 0.25) is 0 Å². The molecule has 4 aliphatic carbocycles. The monoisotopic (exact) mass is 903 g/mol. The van der Waals surface area contributed by atoms with Crippen molar-refractivity contribution in [3.05, 3.63) is 35.5 Å². The number of hydrogen-bond donors (Lipinski definition) is 0. The molecule has 0 aromatic rings. The van der Waals surface area contributed by atoms with E-state index in [1.807, 2.05) is 13.8 Å². The smallest absolute Gasteiger partial charge is 0.154 e. The van der Waals surface area contributed by atoms with Gasteiger partial charge in [0.2, 0.25) is 0 Å². The Balaban J connectivity index is 0.000000366. The number of rotatable bonds is 0. The molecular formula is C58H110O6. The van der Waals surface area contributed by atoms with Crippen molar-refractivity contribution in [3.63, 3.8) is 0 Å². The van der Waals surface area contributed by atoms with Crippen LogP contribution in [0.25, 0.3) is 0 Å². The van der Waals surface area contributed by atoms with Gasteiger partial charge in [-0.1, -0.05) is 130 Å². The summed E-state index contributed by atoms with van der Waals surface area (Å²) in [5.41, 5.74) is 3.17. The molecule has 0 aromatic heterocycles. The van der Waals surface area contributed by atoms with Crippen LogP contribution in [-0.4, -0.2) is 64.4 Å². The van der Waals surface area contributed by atoms with Crippen molar-refractivity contribution in [3.8, 4) is 0 Å². The van der Waals surface area contributed by atoms with E-state index in [1.165, 1.54) is 103 Å². The summed E-state index contributed by atoms with van der Waals surface area (Å²) in [4.78, 5) is 0. The molecule has 8 aliphatic rings. The lowest BCUT2D eigenvalue weighted by molar-refractivity contribution is -0.187. The van der Waals surface area contributed by atoms with Crippen molar-refractivity contribution >= 4 is 0 Å². The van der Waals surface area contributed by atoms with Gasteiger partial charge >= 0.3 is 0 Å². The molecule has 4 aliphatic heterocycles. The molecule has 1 saturated carbocycles. The molecule has 0 spiro atoms. The van der Waals surface area contributed by atoms with Crippen LogP contribution in [0.4, 0.5) is 0 Å². The first-order valence-corrected chi connectivity index (χ1v) is 27.0. The van der Waals surface area contributed by atoms with Crippen LogP contribution in [0.1, 0.15) is 214 Å². The Kier molecular flexibility index (Phi) is 35.2. The predicted molar refractivity (Wildman–Crippen MR) is 276 cm³/mol. The van der Waals surface area contributed by atoms with Crippen LogP contribution in [-0.2, 0) is 28.4 Å². The summed E-state index contributed by atoms with van der Waals surface area (Å²) in [5, 5.41) is 0. The van der Waals surface area contributed by atoms with Crippen molar-refractivity contribution < 1.29 is 28.4 Å². The topological polar surface area (TPSA) is 55.4 Å². The molecule has 0 amide bonds. The van der Waals surface area contributed by atoms with Crippen LogP contribution in [0.3, 0.4) is 0 Å². The molecule has 8 unspecified atom stereocenters. The highest BCUT2D eigenvalue weighted by molar-refractivity contribution is 5.02. The fourth-order valence-electron chi connectivity index (χ4n) is 8.14. The highest BCUT2D eigenvalue weighted by atomic mass is 16.7. The molecular weight excluding hydrogens is 793 g/mol. The molecule has 4 heterocycles. The zero-order valence-electron chi connectivity index (χ0n) is 45.4. The fraction of sp³-hybridized carbons (Fsp3) is 0.897. The lowest BCUT2D eigenvalue weighted by Crippen LogP contribution is -2.27.